The number of nitrogens with one attached hydrogen (secondary N) is 1. The molecule has 120 valence electrons. The first kappa shape index (κ1) is 17.0. The first-order valence-electron chi connectivity index (χ1n) is 6.88. The van der Waals surface area contributed by atoms with Crippen molar-refractivity contribution in [3.63, 3.8) is 0 Å². The highest BCUT2D eigenvalue weighted by Crippen LogP contribution is 2.14. The zero-order valence-corrected chi connectivity index (χ0v) is 14.2. The molecular weight excluding hydrogens is 362 g/mol. The number of carbonyl (C=O) groups excluding carboxylic acids is 2. The van der Waals surface area contributed by atoms with Gasteiger partial charge >= 0.3 is 0 Å². The first-order chi connectivity index (χ1) is 11.0. The number of aromatic nitrogens is 1. The van der Waals surface area contributed by atoms with Crippen LogP contribution in [0.3, 0.4) is 0 Å². The van der Waals surface area contributed by atoms with Crippen LogP contribution in [0, 0.1) is 6.92 Å². The number of anilines is 1. The van der Waals surface area contributed by atoms with E-state index in [0.29, 0.717) is 17.1 Å². The Hall–Kier alpha value is -2.41. The van der Waals surface area contributed by atoms with Gasteiger partial charge in [0.15, 0.2) is 5.82 Å². The molecule has 23 heavy (non-hydrogen) atoms. The van der Waals surface area contributed by atoms with E-state index in [4.69, 9.17) is 4.52 Å². The van der Waals surface area contributed by atoms with E-state index in [9.17, 15) is 9.59 Å². The summed E-state index contributed by atoms with van der Waals surface area (Å²) in [4.78, 5) is 26.0. The van der Waals surface area contributed by atoms with Crippen molar-refractivity contribution in [1.29, 1.82) is 0 Å². The van der Waals surface area contributed by atoms with Crippen molar-refractivity contribution in [3.05, 3.63) is 58.8 Å². The third-order valence-corrected chi connectivity index (χ3v) is 3.43. The number of benzene rings is 1. The largest absolute Gasteiger partial charge is 0.360 e. The SMILES string of the molecule is C=CCN(CC(=O)Nc1cc(C)on1)C(=O)c1cccc(Br)c1. The van der Waals surface area contributed by atoms with Crippen molar-refractivity contribution in [1.82, 2.24) is 10.1 Å². The lowest BCUT2D eigenvalue weighted by atomic mass is 10.2. The molecule has 1 heterocycles. The van der Waals surface area contributed by atoms with E-state index >= 15 is 0 Å². The highest BCUT2D eigenvalue weighted by atomic mass is 79.9. The molecule has 0 radical (unpaired) electrons. The van der Waals surface area contributed by atoms with E-state index in [-0.39, 0.29) is 24.9 Å². The summed E-state index contributed by atoms with van der Waals surface area (Å²) in [7, 11) is 0. The molecule has 0 bridgehead atoms. The Balaban J connectivity index is 2.07. The molecule has 0 aliphatic carbocycles. The van der Waals surface area contributed by atoms with E-state index in [1.807, 2.05) is 6.07 Å². The Morgan fingerprint density at radius 1 is 1.43 bits per heavy atom. The van der Waals surface area contributed by atoms with Crippen molar-refractivity contribution in [3.8, 4) is 0 Å². The summed E-state index contributed by atoms with van der Waals surface area (Å²) in [5.41, 5.74) is 0.492. The molecule has 0 fully saturated rings. The molecule has 1 aromatic carbocycles. The second-order valence-corrected chi connectivity index (χ2v) is 5.77. The van der Waals surface area contributed by atoms with Crippen LogP contribution in [-0.4, -0.2) is 35.0 Å². The monoisotopic (exact) mass is 377 g/mol. The topological polar surface area (TPSA) is 75.4 Å². The number of aryl methyl sites for hydroxylation is 1. The zero-order chi connectivity index (χ0) is 16.8. The molecule has 0 aliphatic rings. The summed E-state index contributed by atoms with van der Waals surface area (Å²) in [5.74, 6) is 0.301. The smallest absolute Gasteiger partial charge is 0.254 e. The Labute approximate surface area is 142 Å². The van der Waals surface area contributed by atoms with E-state index in [1.165, 1.54) is 4.90 Å². The molecule has 6 nitrogen and oxygen atoms in total. The number of hydrogen-bond acceptors (Lipinski definition) is 4. The number of hydrogen-bond donors (Lipinski definition) is 1. The van der Waals surface area contributed by atoms with Gasteiger partial charge in [0.05, 0.1) is 0 Å². The fourth-order valence-corrected chi connectivity index (χ4v) is 2.36. The van der Waals surface area contributed by atoms with Crippen LogP contribution in [0.25, 0.3) is 0 Å². The predicted molar refractivity (Wildman–Crippen MR) is 90.1 cm³/mol. The van der Waals surface area contributed by atoms with Crippen molar-refractivity contribution in [2.24, 2.45) is 0 Å². The summed E-state index contributed by atoms with van der Waals surface area (Å²) < 4.78 is 5.68. The second kappa shape index (κ2) is 7.73. The minimum absolute atomic E-state index is 0.108. The molecule has 1 aromatic heterocycles. The van der Waals surface area contributed by atoms with Crippen molar-refractivity contribution in [2.45, 2.75) is 6.92 Å². The van der Waals surface area contributed by atoms with Crippen LogP contribution in [0.4, 0.5) is 5.82 Å². The van der Waals surface area contributed by atoms with Gasteiger partial charge in [-0.1, -0.05) is 33.2 Å². The Morgan fingerprint density at radius 3 is 2.83 bits per heavy atom. The normalized spacial score (nSPS) is 10.2. The Bertz CT molecular complexity index is 727. The van der Waals surface area contributed by atoms with Gasteiger partial charge in [-0.3, -0.25) is 9.59 Å². The van der Waals surface area contributed by atoms with Crippen LogP contribution in [0.1, 0.15) is 16.1 Å². The summed E-state index contributed by atoms with van der Waals surface area (Å²) in [6, 6.07) is 8.60. The zero-order valence-electron chi connectivity index (χ0n) is 12.6. The minimum Gasteiger partial charge on any atom is -0.360 e. The minimum atomic E-state index is -0.358. The van der Waals surface area contributed by atoms with E-state index in [2.05, 4.69) is 33.0 Å². The molecule has 2 aromatic rings. The van der Waals surface area contributed by atoms with Crippen molar-refractivity contribution in [2.75, 3.05) is 18.4 Å². The maximum Gasteiger partial charge on any atom is 0.254 e. The van der Waals surface area contributed by atoms with E-state index in [0.717, 1.165) is 4.47 Å². The summed E-state index contributed by atoms with van der Waals surface area (Å²) in [6.07, 6.45) is 1.57. The van der Waals surface area contributed by atoms with Gasteiger partial charge in [0, 0.05) is 22.6 Å². The van der Waals surface area contributed by atoms with Crippen LogP contribution in [0.5, 0.6) is 0 Å². The van der Waals surface area contributed by atoms with E-state index < -0.39 is 0 Å². The summed E-state index contributed by atoms with van der Waals surface area (Å²) in [5, 5.41) is 6.28. The lowest BCUT2D eigenvalue weighted by Crippen LogP contribution is -2.38. The number of halogens is 1. The van der Waals surface area contributed by atoms with Gasteiger partial charge in [-0.25, -0.2) is 0 Å². The first-order valence-corrected chi connectivity index (χ1v) is 7.68. The fourth-order valence-electron chi connectivity index (χ4n) is 1.96. The lowest BCUT2D eigenvalue weighted by molar-refractivity contribution is -0.116. The number of rotatable bonds is 6. The van der Waals surface area contributed by atoms with Gasteiger partial charge in [-0.05, 0) is 25.1 Å². The molecule has 2 rings (SSSR count). The molecule has 0 saturated carbocycles. The number of nitrogens with zero attached hydrogens (tertiary/aromatic N) is 2. The average Bonchev–Trinajstić information content (AvgIpc) is 2.91. The predicted octanol–water partition coefficient (Wildman–Crippen LogP) is 3.01. The molecule has 1 N–H and O–H groups in total. The maximum atomic E-state index is 12.5. The average molecular weight is 378 g/mol. The van der Waals surface area contributed by atoms with Crippen LogP contribution in [0.15, 0.2) is 52.0 Å². The molecule has 0 aliphatic heterocycles. The van der Waals surface area contributed by atoms with Gasteiger partial charge in [-0.2, -0.15) is 0 Å². The third kappa shape index (κ3) is 4.79. The van der Waals surface area contributed by atoms with E-state index in [1.54, 1.807) is 37.3 Å². The van der Waals surface area contributed by atoms with Crippen LogP contribution >= 0.6 is 15.9 Å². The van der Waals surface area contributed by atoms with Gasteiger partial charge in [0.1, 0.15) is 12.3 Å². The maximum absolute atomic E-state index is 12.5. The lowest BCUT2D eigenvalue weighted by Gasteiger charge is -2.20. The second-order valence-electron chi connectivity index (χ2n) is 4.86. The van der Waals surface area contributed by atoms with Gasteiger partial charge in [-0.15, -0.1) is 6.58 Å². The Kier molecular flexibility index (Phi) is 5.70. The third-order valence-electron chi connectivity index (χ3n) is 2.94. The molecule has 0 unspecified atom stereocenters. The number of carbonyl (C=O) groups is 2. The number of amides is 2. The van der Waals surface area contributed by atoms with Crippen LogP contribution < -0.4 is 5.32 Å². The van der Waals surface area contributed by atoms with Crippen molar-refractivity contribution < 1.29 is 14.1 Å². The highest BCUT2D eigenvalue weighted by molar-refractivity contribution is 9.10. The molecule has 2 amide bonds. The quantitative estimate of drug-likeness (QED) is 0.785. The van der Waals surface area contributed by atoms with Gasteiger partial charge in [0.2, 0.25) is 5.91 Å². The molecule has 0 atom stereocenters. The highest BCUT2D eigenvalue weighted by Gasteiger charge is 2.18. The summed E-state index contributed by atoms with van der Waals surface area (Å²) >= 11 is 3.33. The standard InChI is InChI=1S/C16H16BrN3O3/c1-3-7-20(16(22)12-5-4-6-13(17)9-12)10-15(21)18-14-8-11(2)23-19-14/h3-6,8-9H,1,7,10H2,2H3,(H,18,19,21). The molecule has 0 saturated heterocycles. The molecular formula is C16H16BrN3O3. The van der Waals surface area contributed by atoms with Crippen molar-refractivity contribution >= 4 is 33.6 Å². The van der Waals surface area contributed by atoms with Crippen LogP contribution in [0.2, 0.25) is 0 Å². The van der Waals surface area contributed by atoms with Crippen LogP contribution in [-0.2, 0) is 4.79 Å². The van der Waals surface area contributed by atoms with Gasteiger partial charge < -0.3 is 14.7 Å². The molecule has 0 spiro atoms. The van der Waals surface area contributed by atoms with Gasteiger partial charge in [0.25, 0.3) is 5.91 Å². The molecule has 7 heteroatoms. The summed E-state index contributed by atoms with van der Waals surface area (Å²) in [6.45, 7) is 5.50. The Morgan fingerprint density at radius 2 is 2.22 bits per heavy atom. The fraction of sp³-hybridized carbons (Fsp3) is 0.188.